The van der Waals surface area contributed by atoms with Crippen molar-refractivity contribution < 1.29 is 21.8 Å². The van der Waals surface area contributed by atoms with Gasteiger partial charge < -0.3 is 10.5 Å². The molecule has 2 aromatic rings. The number of hydrogen-bond donors (Lipinski definition) is 0. The molecule has 0 saturated heterocycles. The van der Waals surface area contributed by atoms with E-state index < -0.39 is 17.0 Å². The van der Waals surface area contributed by atoms with E-state index in [-0.39, 0.29) is 11.8 Å². The fourth-order valence-electron chi connectivity index (χ4n) is 3.50. The van der Waals surface area contributed by atoms with Crippen LogP contribution in [0.15, 0.2) is 42.5 Å². The molecule has 0 heterocycles. The van der Waals surface area contributed by atoms with Crippen LogP contribution in [0.25, 0.3) is 16.5 Å². The summed E-state index contributed by atoms with van der Waals surface area (Å²) in [5.41, 5.74) is 7.23. The Morgan fingerprint density at radius 2 is 1.37 bits per heavy atom. The molecule has 0 aliphatic heterocycles. The molecular formula is C24H37Cl2NOSiTi-2. The summed E-state index contributed by atoms with van der Waals surface area (Å²) in [7, 11) is 10.9. The van der Waals surface area contributed by atoms with Gasteiger partial charge in [0.05, 0.1) is 5.91 Å². The number of halogens is 2. The van der Waals surface area contributed by atoms with Crippen molar-refractivity contribution in [2.75, 3.05) is 0 Å². The topological polar surface area (TPSA) is 40.9 Å². The molecule has 0 unspecified atom stereocenters. The van der Waals surface area contributed by atoms with Gasteiger partial charge in [-0.15, -0.1) is 29.7 Å². The minimum atomic E-state index is -0.556. The number of carbonyl (C=O) groups excluding carboxylic acids is 1. The number of rotatable bonds is 1. The summed E-state index contributed by atoms with van der Waals surface area (Å²) in [6, 6.07) is 14.7. The average Bonchev–Trinajstić information content (AvgIpc) is 3.19. The number of carbonyl (C=O) groups is 1. The van der Waals surface area contributed by atoms with E-state index in [1.807, 2.05) is 0 Å². The molecule has 1 aliphatic carbocycles. The van der Waals surface area contributed by atoms with Crippen molar-refractivity contribution in [3.63, 3.8) is 0 Å². The first kappa shape index (κ1) is 29.8. The molecule has 0 bridgehead atoms. The van der Waals surface area contributed by atoms with Gasteiger partial charge in [0.15, 0.2) is 0 Å². The molecule has 0 atom stereocenters. The SMILES string of the molecule is C[Si]C.[Cl][Ti][Cl].[NH-]C(=O)C1CCCCCCCCCCC1.c1ccc2[cH-]ccc2c1. The molecule has 1 saturated carbocycles. The summed E-state index contributed by atoms with van der Waals surface area (Å²) in [4.78, 5) is 11.1. The van der Waals surface area contributed by atoms with Crippen LogP contribution >= 0.6 is 18.6 Å². The zero-order valence-corrected chi connectivity index (χ0v) is 22.6. The van der Waals surface area contributed by atoms with Crippen LogP contribution in [0.1, 0.15) is 70.6 Å². The Hall–Kier alpha value is -0.189. The average molecular weight is 502 g/mol. The largest absolute Gasteiger partial charge is 0.668 e. The molecule has 2 aromatic carbocycles. The summed E-state index contributed by atoms with van der Waals surface area (Å²) in [6.45, 7) is 4.31. The summed E-state index contributed by atoms with van der Waals surface area (Å²) >= 11 is -0.556. The minimum Gasteiger partial charge on any atom is -0.668 e. The summed E-state index contributed by atoms with van der Waals surface area (Å²) in [5.74, 6) is -0.281. The monoisotopic (exact) mass is 501 g/mol. The molecule has 30 heavy (non-hydrogen) atoms. The molecular weight excluding hydrogens is 465 g/mol. The van der Waals surface area contributed by atoms with Crippen LogP contribution in [-0.2, 0) is 21.8 Å². The molecule has 0 aromatic heterocycles. The molecule has 1 N–H and O–H groups in total. The standard InChI is InChI=1S/C13H25NO.C9H7.C2H6Si.2ClH.Ti/c14-13(15)12-10-8-6-4-2-1-3-5-7-9-11-12;1-2-5-9-7-3-6-8(9)4-1;1-3-2;;;/h12H,1-11H2,(H2,14,15);1-7H;1-2H3;2*1H;/q;-1;;;;+2/p-3. The third-order valence-corrected chi connectivity index (χ3v) is 5.02. The van der Waals surface area contributed by atoms with Gasteiger partial charge in [-0.2, -0.15) is 17.5 Å². The summed E-state index contributed by atoms with van der Waals surface area (Å²) in [5, 5.41) is 2.66. The molecule has 1 aliphatic rings. The van der Waals surface area contributed by atoms with E-state index in [4.69, 9.17) is 24.3 Å². The number of nitrogens with one attached hydrogen (secondary N) is 1. The van der Waals surface area contributed by atoms with Gasteiger partial charge >= 0.3 is 35.6 Å². The van der Waals surface area contributed by atoms with Crippen molar-refractivity contribution in [1.82, 2.24) is 0 Å². The van der Waals surface area contributed by atoms with Gasteiger partial charge in [0.25, 0.3) is 0 Å². The molecule has 3 rings (SSSR count). The van der Waals surface area contributed by atoms with E-state index in [2.05, 4.69) is 55.6 Å². The Kier molecular flexibility index (Phi) is 21.9. The quantitative estimate of drug-likeness (QED) is 0.283. The number of hydrogen-bond acceptors (Lipinski definition) is 1. The zero-order valence-electron chi connectivity index (χ0n) is 18.6. The first-order valence-corrected chi connectivity index (χ1v) is 17.3. The third-order valence-electron chi connectivity index (χ3n) is 5.02. The van der Waals surface area contributed by atoms with Crippen molar-refractivity contribution in [1.29, 1.82) is 0 Å². The molecule has 1 fully saturated rings. The summed E-state index contributed by atoms with van der Waals surface area (Å²) < 4.78 is 0. The van der Waals surface area contributed by atoms with Crippen LogP contribution in [0, 0.1) is 5.92 Å². The van der Waals surface area contributed by atoms with E-state index in [0.29, 0.717) is 0 Å². The second-order valence-electron chi connectivity index (χ2n) is 7.55. The second-order valence-corrected chi connectivity index (χ2v) is 11.1. The van der Waals surface area contributed by atoms with Crippen LogP contribution in [-0.4, -0.2) is 15.4 Å². The predicted molar refractivity (Wildman–Crippen MR) is 132 cm³/mol. The molecule has 168 valence electrons. The van der Waals surface area contributed by atoms with Gasteiger partial charge in [0, 0.05) is 15.4 Å². The minimum absolute atomic E-state index is 0.0458. The Morgan fingerprint density at radius 3 is 1.80 bits per heavy atom. The van der Waals surface area contributed by atoms with Gasteiger partial charge in [-0.05, 0) is 12.8 Å². The van der Waals surface area contributed by atoms with Gasteiger partial charge in [-0.25, -0.2) is 0 Å². The Balaban J connectivity index is 0.000000471. The van der Waals surface area contributed by atoms with E-state index in [1.165, 1.54) is 55.7 Å². The van der Waals surface area contributed by atoms with Gasteiger partial charge in [0.2, 0.25) is 0 Å². The number of amides is 1. The maximum atomic E-state index is 11.1. The molecule has 2 nitrogen and oxygen atoms in total. The Bertz CT molecular complexity index is 594. The number of fused-ring (bicyclic) bond motifs is 1. The first-order chi connectivity index (χ1) is 14.6. The normalized spacial score (nSPS) is 15.5. The molecule has 6 heteroatoms. The first-order valence-electron chi connectivity index (χ1n) is 11.0. The third kappa shape index (κ3) is 16.5. The Morgan fingerprint density at radius 1 is 0.933 bits per heavy atom. The van der Waals surface area contributed by atoms with Crippen molar-refractivity contribution >= 4 is 44.8 Å². The van der Waals surface area contributed by atoms with Gasteiger partial charge in [-0.3, -0.25) is 0 Å². The van der Waals surface area contributed by atoms with Crippen LogP contribution in [0.3, 0.4) is 0 Å². The van der Waals surface area contributed by atoms with Crippen LogP contribution in [0.5, 0.6) is 0 Å². The van der Waals surface area contributed by atoms with E-state index in [1.54, 1.807) is 0 Å². The second kappa shape index (κ2) is 22.0. The van der Waals surface area contributed by atoms with Crippen LogP contribution in [0.2, 0.25) is 13.1 Å². The van der Waals surface area contributed by atoms with E-state index in [0.717, 1.165) is 35.2 Å². The fraction of sp³-hybridized carbons (Fsp3) is 0.583. The fourth-order valence-corrected chi connectivity index (χ4v) is 3.50. The van der Waals surface area contributed by atoms with E-state index >= 15 is 0 Å². The Labute approximate surface area is 203 Å². The maximum absolute atomic E-state index is 11.1. The van der Waals surface area contributed by atoms with Crippen molar-refractivity contribution in [3.05, 3.63) is 48.2 Å². The maximum Gasteiger partial charge on any atom is 0.0519 e. The predicted octanol–water partition coefficient (Wildman–Crippen LogP) is 9.21. The van der Waals surface area contributed by atoms with Crippen LogP contribution < -0.4 is 0 Å². The summed E-state index contributed by atoms with van der Waals surface area (Å²) in [6.07, 6.45) is 13.5. The number of benzene rings is 1. The molecule has 2 radical (unpaired) electrons. The smallest absolute Gasteiger partial charge is 0.0519 e. The zero-order chi connectivity index (χ0) is 22.5. The van der Waals surface area contributed by atoms with Crippen molar-refractivity contribution in [2.24, 2.45) is 5.92 Å². The van der Waals surface area contributed by atoms with Crippen molar-refractivity contribution in [2.45, 2.75) is 83.7 Å². The van der Waals surface area contributed by atoms with Gasteiger partial charge in [-0.1, -0.05) is 76.9 Å². The van der Waals surface area contributed by atoms with E-state index in [9.17, 15) is 4.79 Å². The molecule has 0 spiro atoms. The van der Waals surface area contributed by atoms with Gasteiger partial charge in [0.1, 0.15) is 0 Å². The van der Waals surface area contributed by atoms with Crippen LogP contribution in [0.4, 0.5) is 0 Å². The molecule has 1 amide bonds. The van der Waals surface area contributed by atoms with Crippen molar-refractivity contribution in [3.8, 4) is 0 Å².